The molecule has 2 aliphatic rings. The molecular formula is C24H33N3O4S. The van der Waals surface area contributed by atoms with Crippen LogP contribution >= 0.6 is 12.2 Å². The summed E-state index contributed by atoms with van der Waals surface area (Å²) < 4.78 is 16.5. The smallest absolute Gasteiger partial charge is 0.253 e. The molecule has 1 aromatic heterocycles. The molecule has 4 rings (SSSR count). The molecule has 2 heterocycles. The van der Waals surface area contributed by atoms with Crippen LogP contribution in [0.25, 0.3) is 10.9 Å². The van der Waals surface area contributed by atoms with Crippen LogP contribution in [0.5, 0.6) is 11.5 Å². The predicted octanol–water partition coefficient (Wildman–Crippen LogP) is 3.73. The van der Waals surface area contributed by atoms with Crippen LogP contribution in [0.2, 0.25) is 0 Å². The third kappa shape index (κ3) is 5.18. The molecule has 0 spiro atoms. The molecular weight excluding hydrogens is 426 g/mol. The molecule has 0 amide bonds. The Hall–Kier alpha value is -2.32. The lowest BCUT2D eigenvalue weighted by Gasteiger charge is -2.36. The van der Waals surface area contributed by atoms with Crippen molar-refractivity contribution >= 4 is 28.2 Å². The summed E-state index contributed by atoms with van der Waals surface area (Å²) in [6.07, 6.45) is 8.23. The molecule has 1 saturated heterocycles. The molecule has 0 radical (unpaired) electrons. The molecule has 32 heavy (non-hydrogen) atoms. The summed E-state index contributed by atoms with van der Waals surface area (Å²) in [5.74, 6) is 1.22. The largest absolute Gasteiger partial charge is 0.493 e. The molecule has 7 nitrogen and oxygen atoms in total. The van der Waals surface area contributed by atoms with Gasteiger partial charge < -0.3 is 29.4 Å². The fourth-order valence-electron chi connectivity index (χ4n) is 4.75. The minimum absolute atomic E-state index is 0.104. The lowest BCUT2D eigenvalue weighted by molar-refractivity contribution is 0.112. The van der Waals surface area contributed by atoms with E-state index in [9.17, 15) is 4.79 Å². The zero-order valence-electron chi connectivity index (χ0n) is 18.9. The van der Waals surface area contributed by atoms with Crippen LogP contribution in [0.1, 0.15) is 50.5 Å². The van der Waals surface area contributed by atoms with Gasteiger partial charge >= 0.3 is 0 Å². The maximum Gasteiger partial charge on any atom is 0.253 e. The number of rotatable bonds is 7. The number of thiocarbonyl (C=S) groups is 1. The number of hydrogen-bond acceptors (Lipinski definition) is 5. The molecule has 1 aliphatic carbocycles. The second-order valence-electron chi connectivity index (χ2n) is 8.66. The first-order valence-corrected chi connectivity index (χ1v) is 11.9. The third-order valence-corrected chi connectivity index (χ3v) is 6.93. The first kappa shape index (κ1) is 22.9. The van der Waals surface area contributed by atoms with Crippen LogP contribution in [-0.4, -0.2) is 54.5 Å². The molecule has 1 atom stereocenters. The number of fused-ring (bicyclic) bond motifs is 1. The number of pyridine rings is 1. The van der Waals surface area contributed by atoms with Crippen molar-refractivity contribution in [3.63, 3.8) is 0 Å². The van der Waals surface area contributed by atoms with Gasteiger partial charge in [-0.2, -0.15) is 0 Å². The summed E-state index contributed by atoms with van der Waals surface area (Å²) in [7, 11) is 3.20. The van der Waals surface area contributed by atoms with Gasteiger partial charge in [0.05, 0.1) is 32.4 Å². The van der Waals surface area contributed by atoms with Crippen LogP contribution < -0.4 is 20.3 Å². The second-order valence-corrected chi connectivity index (χ2v) is 9.05. The summed E-state index contributed by atoms with van der Waals surface area (Å²) in [6, 6.07) is 5.97. The van der Waals surface area contributed by atoms with Gasteiger partial charge in [-0.05, 0) is 50.0 Å². The van der Waals surface area contributed by atoms with E-state index in [-0.39, 0.29) is 11.7 Å². The van der Waals surface area contributed by atoms with E-state index in [2.05, 4.69) is 15.2 Å². The fourth-order valence-corrected chi connectivity index (χ4v) is 5.04. The monoisotopic (exact) mass is 459 g/mol. The number of nitrogens with one attached hydrogen (secondary N) is 2. The number of methoxy groups -OCH3 is 2. The van der Waals surface area contributed by atoms with Crippen molar-refractivity contribution in [3.8, 4) is 11.5 Å². The minimum atomic E-state index is -0.104. The Labute approximate surface area is 194 Å². The van der Waals surface area contributed by atoms with Crippen molar-refractivity contribution in [2.24, 2.45) is 0 Å². The Balaban J connectivity index is 1.59. The average Bonchev–Trinajstić information content (AvgIpc) is 3.34. The summed E-state index contributed by atoms with van der Waals surface area (Å²) in [5, 5.41) is 5.03. The normalized spacial score (nSPS) is 19.1. The standard InChI is InChI=1S/C24H33N3O4S/c1-29-21-12-16-11-17(23(28)26-20(16)13-22(21)30-2)15-27(18-7-4-3-5-8-18)24(32)25-14-19-9-6-10-31-19/h11-13,18-19H,3-10,14-15H2,1-2H3,(H,25,32)(H,26,28)/t19-/m1/s1. The molecule has 2 N–H and O–H groups in total. The van der Waals surface area contributed by atoms with Gasteiger partial charge in [0.1, 0.15) is 0 Å². The Morgan fingerprint density at radius 3 is 2.56 bits per heavy atom. The van der Waals surface area contributed by atoms with Gasteiger partial charge in [-0.15, -0.1) is 0 Å². The summed E-state index contributed by atoms with van der Waals surface area (Å²) in [6.45, 7) is 2.01. The van der Waals surface area contributed by atoms with Crippen LogP contribution in [0.4, 0.5) is 0 Å². The van der Waals surface area contributed by atoms with E-state index in [1.54, 1.807) is 20.3 Å². The number of aromatic nitrogens is 1. The summed E-state index contributed by atoms with van der Waals surface area (Å²) in [5.41, 5.74) is 1.31. The first-order valence-electron chi connectivity index (χ1n) is 11.5. The van der Waals surface area contributed by atoms with Crippen molar-refractivity contribution in [2.45, 2.75) is 63.6 Å². The average molecular weight is 460 g/mol. The van der Waals surface area contributed by atoms with E-state index < -0.39 is 0 Å². The molecule has 1 aromatic carbocycles. The molecule has 2 fully saturated rings. The zero-order valence-corrected chi connectivity index (χ0v) is 19.8. The van der Waals surface area contributed by atoms with Gasteiger partial charge in [0.15, 0.2) is 16.6 Å². The second kappa shape index (κ2) is 10.5. The van der Waals surface area contributed by atoms with Gasteiger partial charge in [0.25, 0.3) is 5.56 Å². The van der Waals surface area contributed by atoms with E-state index in [0.29, 0.717) is 41.3 Å². The van der Waals surface area contributed by atoms with Crippen molar-refractivity contribution in [1.82, 2.24) is 15.2 Å². The molecule has 8 heteroatoms. The number of hydrogen-bond donors (Lipinski definition) is 2. The van der Waals surface area contributed by atoms with E-state index in [1.807, 2.05) is 12.1 Å². The van der Waals surface area contributed by atoms with Gasteiger partial charge in [-0.3, -0.25) is 4.79 Å². The topological polar surface area (TPSA) is 75.8 Å². The first-order chi connectivity index (χ1) is 15.6. The van der Waals surface area contributed by atoms with Crippen molar-refractivity contribution < 1.29 is 14.2 Å². The highest BCUT2D eigenvalue weighted by Crippen LogP contribution is 2.31. The SMILES string of the molecule is COc1cc2cc(CN(C(=S)NC[C@H]3CCCO3)C3CCCCC3)c(=O)[nH]c2cc1OC. The number of ether oxygens (including phenoxy) is 3. The highest BCUT2D eigenvalue weighted by atomic mass is 32.1. The Morgan fingerprint density at radius 2 is 1.88 bits per heavy atom. The van der Waals surface area contributed by atoms with E-state index >= 15 is 0 Å². The molecule has 2 aromatic rings. The van der Waals surface area contributed by atoms with Crippen LogP contribution in [0, 0.1) is 0 Å². The minimum Gasteiger partial charge on any atom is -0.493 e. The Kier molecular flexibility index (Phi) is 7.52. The van der Waals surface area contributed by atoms with Gasteiger partial charge in [-0.25, -0.2) is 0 Å². The fraction of sp³-hybridized carbons (Fsp3) is 0.583. The molecule has 1 saturated carbocycles. The third-order valence-electron chi connectivity index (χ3n) is 6.55. The number of H-pyrrole nitrogens is 1. The summed E-state index contributed by atoms with van der Waals surface area (Å²) >= 11 is 5.81. The van der Waals surface area contributed by atoms with Crippen molar-refractivity contribution in [1.29, 1.82) is 0 Å². The summed E-state index contributed by atoms with van der Waals surface area (Å²) in [4.78, 5) is 18.2. The van der Waals surface area contributed by atoms with E-state index in [0.717, 1.165) is 43.2 Å². The molecule has 0 unspecified atom stereocenters. The van der Waals surface area contributed by atoms with Gasteiger partial charge in [0, 0.05) is 36.2 Å². The zero-order chi connectivity index (χ0) is 22.5. The lowest BCUT2D eigenvalue weighted by Crippen LogP contribution is -2.48. The maximum atomic E-state index is 13.0. The predicted molar refractivity (Wildman–Crippen MR) is 130 cm³/mol. The van der Waals surface area contributed by atoms with Crippen molar-refractivity contribution in [2.75, 3.05) is 27.4 Å². The molecule has 1 aliphatic heterocycles. The maximum absolute atomic E-state index is 13.0. The van der Waals surface area contributed by atoms with Crippen LogP contribution in [0.15, 0.2) is 23.0 Å². The van der Waals surface area contributed by atoms with Crippen LogP contribution in [0.3, 0.4) is 0 Å². The highest BCUT2D eigenvalue weighted by molar-refractivity contribution is 7.80. The molecule has 0 bridgehead atoms. The van der Waals surface area contributed by atoms with Gasteiger partial charge in [-0.1, -0.05) is 19.3 Å². The molecule has 174 valence electrons. The Bertz CT molecular complexity index is 997. The highest BCUT2D eigenvalue weighted by Gasteiger charge is 2.25. The van der Waals surface area contributed by atoms with E-state index in [1.165, 1.54) is 19.3 Å². The number of nitrogens with zero attached hydrogens (tertiary/aromatic N) is 1. The quantitative estimate of drug-likeness (QED) is 0.611. The van der Waals surface area contributed by atoms with Gasteiger partial charge in [0.2, 0.25) is 0 Å². The number of aromatic amines is 1. The van der Waals surface area contributed by atoms with Crippen LogP contribution in [-0.2, 0) is 11.3 Å². The number of benzene rings is 1. The van der Waals surface area contributed by atoms with Crippen molar-refractivity contribution in [3.05, 3.63) is 34.1 Å². The Morgan fingerprint density at radius 1 is 1.12 bits per heavy atom. The lowest BCUT2D eigenvalue weighted by atomic mass is 9.94. The van der Waals surface area contributed by atoms with E-state index in [4.69, 9.17) is 26.4 Å².